The molecule has 3 N–H and O–H groups in total. The van der Waals surface area contributed by atoms with E-state index >= 15 is 0 Å². The third-order valence-electron chi connectivity index (χ3n) is 4.73. The van der Waals surface area contributed by atoms with E-state index in [2.05, 4.69) is 46.4 Å². The van der Waals surface area contributed by atoms with Gasteiger partial charge in [0.2, 0.25) is 0 Å². The predicted molar refractivity (Wildman–Crippen MR) is 90.9 cm³/mol. The average molecular weight is 301 g/mol. The summed E-state index contributed by atoms with van der Waals surface area (Å²) >= 11 is 0. The van der Waals surface area contributed by atoms with Crippen LogP contribution in [-0.2, 0) is 6.54 Å². The monoisotopic (exact) mass is 301 g/mol. The molecule has 0 radical (unpaired) electrons. The number of aromatic nitrogens is 1. The summed E-state index contributed by atoms with van der Waals surface area (Å²) in [6.45, 7) is 6.79. The molecule has 0 bridgehead atoms. The highest BCUT2D eigenvalue weighted by Gasteiger charge is 2.18. The van der Waals surface area contributed by atoms with Crippen LogP contribution in [0.3, 0.4) is 0 Å². The largest absolute Gasteiger partial charge is 0.390 e. The van der Waals surface area contributed by atoms with Gasteiger partial charge in [-0.05, 0) is 49.5 Å². The van der Waals surface area contributed by atoms with Gasteiger partial charge in [-0.2, -0.15) is 0 Å². The lowest BCUT2D eigenvalue weighted by molar-refractivity contribution is 0.0907. The van der Waals surface area contributed by atoms with Crippen LogP contribution in [0.15, 0.2) is 30.5 Å². The Morgan fingerprint density at radius 1 is 1.32 bits per heavy atom. The molecule has 0 amide bonds. The summed E-state index contributed by atoms with van der Waals surface area (Å²) in [6, 6.07) is 8.41. The van der Waals surface area contributed by atoms with Crippen molar-refractivity contribution in [2.45, 2.75) is 32.4 Å². The lowest BCUT2D eigenvalue weighted by Crippen LogP contribution is -2.41. The molecular weight excluding hydrogens is 274 g/mol. The van der Waals surface area contributed by atoms with Crippen molar-refractivity contribution in [1.29, 1.82) is 0 Å². The van der Waals surface area contributed by atoms with Gasteiger partial charge in [0.05, 0.1) is 6.10 Å². The second-order valence-electron chi connectivity index (χ2n) is 6.62. The van der Waals surface area contributed by atoms with Crippen LogP contribution >= 0.6 is 0 Å². The number of benzene rings is 1. The van der Waals surface area contributed by atoms with Gasteiger partial charge in [-0.15, -0.1) is 0 Å². The Morgan fingerprint density at radius 2 is 2.14 bits per heavy atom. The minimum atomic E-state index is -0.293. The molecule has 120 valence electrons. The van der Waals surface area contributed by atoms with Gasteiger partial charge >= 0.3 is 0 Å². The second kappa shape index (κ2) is 7.27. The van der Waals surface area contributed by atoms with E-state index in [1.165, 1.54) is 29.3 Å². The average Bonchev–Trinajstić information content (AvgIpc) is 2.99. The van der Waals surface area contributed by atoms with Crippen molar-refractivity contribution in [3.63, 3.8) is 0 Å². The fourth-order valence-electron chi connectivity index (χ4n) is 3.29. The van der Waals surface area contributed by atoms with E-state index in [4.69, 9.17) is 0 Å². The quantitative estimate of drug-likeness (QED) is 0.768. The number of nitrogens with one attached hydrogen (secondary N) is 2. The number of hydrogen-bond donors (Lipinski definition) is 3. The normalized spacial score (nSPS) is 18.8. The lowest BCUT2D eigenvalue weighted by Gasteiger charge is -2.31. The van der Waals surface area contributed by atoms with E-state index in [9.17, 15) is 5.11 Å². The molecule has 4 heteroatoms. The third-order valence-corrected chi connectivity index (χ3v) is 4.73. The van der Waals surface area contributed by atoms with Crippen molar-refractivity contribution < 1.29 is 5.11 Å². The number of nitrogens with zero attached hydrogens (tertiary/aromatic N) is 1. The van der Waals surface area contributed by atoms with Crippen molar-refractivity contribution in [3.05, 3.63) is 36.0 Å². The van der Waals surface area contributed by atoms with Crippen LogP contribution in [0, 0.1) is 5.92 Å². The summed E-state index contributed by atoms with van der Waals surface area (Å²) in [6.07, 6.45) is 4.20. The maximum atomic E-state index is 10.2. The molecule has 22 heavy (non-hydrogen) atoms. The number of aliphatic hydroxyl groups excluding tert-OH is 1. The lowest BCUT2D eigenvalue weighted by atomic mass is 9.99. The molecule has 1 unspecified atom stereocenters. The number of aliphatic hydroxyl groups is 1. The van der Waals surface area contributed by atoms with E-state index in [1.807, 2.05) is 6.20 Å². The minimum absolute atomic E-state index is 0.293. The van der Waals surface area contributed by atoms with E-state index < -0.39 is 0 Å². The van der Waals surface area contributed by atoms with Crippen molar-refractivity contribution >= 4 is 10.9 Å². The molecule has 2 heterocycles. The van der Waals surface area contributed by atoms with Crippen LogP contribution < -0.4 is 5.32 Å². The smallest absolute Gasteiger partial charge is 0.0791 e. The first-order valence-electron chi connectivity index (χ1n) is 8.38. The molecule has 0 spiro atoms. The van der Waals surface area contributed by atoms with Crippen LogP contribution in [0.4, 0.5) is 0 Å². The van der Waals surface area contributed by atoms with Crippen molar-refractivity contribution in [3.8, 4) is 0 Å². The Morgan fingerprint density at radius 3 is 2.95 bits per heavy atom. The van der Waals surface area contributed by atoms with Crippen LogP contribution in [-0.4, -0.2) is 47.3 Å². The van der Waals surface area contributed by atoms with Gasteiger partial charge in [-0.1, -0.05) is 19.1 Å². The zero-order chi connectivity index (χ0) is 15.4. The van der Waals surface area contributed by atoms with Crippen molar-refractivity contribution in [2.24, 2.45) is 5.92 Å². The second-order valence-corrected chi connectivity index (χ2v) is 6.62. The van der Waals surface area contributed by atoms with Crippen molar-refractivity contribution in [1.82, 2.24) is 15.2 Å². The predicted octanol–water partition coefficient (Wildman–Crippen LogP) is 2.35. The number of piperidine rings is 1. The SMILES string of the molecule is CC1CCN(CC(O)CNCc2cccc3[nH]ccc23)CC1. The number of likely N-dealkylation sites (tertiary alicyclic amines) is 1. The fraction of sp³-hybridized carbons (Fsp3) is 0.556. The first-order chi connectivity index (χ1) is 10.7. The van der Waals surface area contributed by atoms with E-state index in [1.54, 1.807) is 0 Å². The Kier molecular flexibility index (Phi) is 5.13. The Balaban J connectivity index is 1.43. The maximum absolute atomic E-state index is 10.2. The Hall–Kier alpha value is -1.36. The number of rotatable bonds is 6. The molecule has 1 fully saturated rings. The first-order valence-corrected chi connectivity index (χ1v) is 8.38. The van der Waals surface area contributed by atoms with Crippen LogP contribution in [0.1, 0.15) is 25.3 Å². The molecule has 0 aliphatic carbocycles. The highest BCUT2D eigenvalue weighted by molar-refractivity contribution is 5.82. The number of aromatic amines is 1. The number of hydrogen-bond acceptors (Lipinski definition) is 3. The number of H-pyrrole nitrogens is 1. The topological polar surface area (TPSA) is 51.3 Å². The van der Waals surface area contributed by atoms with Crippen molar-refractivity contribution in [2.75, 3.05) is 26.2 Å². The molecule has 4 nitrogen and oxygen atoms in total. The zero-order valence-corrected chi connectivity index (χ0v) is 13.4. The molecule has 1 aromatic carbocycles. The molecule has 3 rings (SSSR count). The van der Waals surface area contributed by atoms with Gasteiger partial charge in [0.25, 0.3) is 0 Å². The standard InChI is InChI=1S/C18H27N3O/c1-14-6-9-21(10-7-14)13-16(22)12-19-11-15-3-2-4-18-17(15)5-8-20-18/h2-5,8,14,16,19-20,22H,6-7,9-13H2,1H3. The van der Waals surface area contributed by atoms with Gasteiger partial charge in [-0.3, -0.25) is 0 Å². The molecule has 1 aromatic heterocycles. The van der Waals surface area contributed by atoms with E-state index in [-0.39, 0.29) is 6.10 Å². The molecule has 1 atom stereocenters. The van der Waals surface area contributed by atoms with Crippen LogP contribution in [0.2, 0.25) is 0 Å². The van der Waals surface area contributed by atoms with Gasteiger partial charge in [0.15, 0.2) is 0 Å². The highest BCUT2D eigenvalue weighted by atomic mass is 16.3. The Bertz CT molecular complexity index is 587. The highest BCUT2D eigenvalue weighted by Crippen LogP contribution is 2.17. The minimum Gasteiger partial charge on any atom is -0.390 e. The third kappa shape index (κ3) is 3.88. The fourth-order valence-corrected chi connectivity index (χ4v) is 3.29. The summed E-state index contributed by atoms with van der Waals surface area (Å²) in [5, 5.41) is 14.9. The summed E-state index contributed by atoms with van der Waals surface area (Å²) in [4.78, 5) is 5.62. The maximum Gasteiger partial charge on any atom is 0.0791 e. The van der Waals surface area contributed by atoms with Gasteiger partial charge < -0.3 is 20.3 Å². The summed E-state index contributed by atoms with van der Waals surface area (Å²) in [7, 11) is 0. The molecule has 0 saturated carbocycles. The molecule has 1 aliphatic rings. The number of fused-ring (bicyclic) bond motifs is 1. The summed E-state index contributed by atoms with van der Waals surface area (Å²) < 4.78 is 0. The van der Waals surface area contributed by atoms with Gasteiger partial charge in [0.1, 0.15) is 0 Å². The number of β-amino-alcohol motifs (C(OH)–C–C–N with tert-alkyl or cyclic N) is 1. The summed E-state index contributed by atoms with van der Waals surface area (Å²) in [5.41, 5.74) is 2.44. The Labute approximate surface area is 132 Å². The van der Waals surface area contributed by atoms with Crippen LogP contribution in [0.5, 0.6) is 0 Å². The van der Waals surface area contributed by atoms with Gasteiger partial charge in [0, 0.05) is 36.7 Å². The van der Waals surface area contributed by atoms with Crippen LogP contribution in [0.25, 0.3) is 10.9 Å². The summed E-state index contributed by atoms with van der Waals surface area (Å²) in [5.74, 6) is 0.841. The van der Waals surface area contributed by atoms with Gasteiger partial charge in [-0.25, -0.2) is 0 Å². The zero-order valence-electron chi connectivity index (χ0n) is 13.4. The van der Waals surface area contributed by atoms with E-state index in [0.29, 0.717) is 6.54 Å². The van der Waals surface area contributed by atoms with E-state index in [0.717, 1.165) is 32.1 Å². The molecular formula is C18H27N3O. The molecule has 1 saturated heterocycles. The molecule has 1 aliphatic heterocycles. The first kappa shape index (κ1) is 15.5. The molecule has 2 aromatic rings.